The maximum atomic E-state index is 6.16. The van der Waals surface area contributed by atoms with Gasteiger partial charge in [0.25, 0.3) is 0 Å². The highest BCUT2D eigenvalue weighted by molar-refractivity contribution is 4.86. The lowest BCUT2D eigenvalue weighted by atomic mass is 9.77. The van der Waals surface area contributed by atoms with Gasteiger partial charge < -0.3 is 0 Å². The zero-order valence-electron chi connectivity index (χ0n) is 20.1. The Labute approximate surface area is 174 Å². The average Bonchev–Trinajstić information content (AvgIpc) is 2.61. The van der Waals surface area contributed by atoms with Crippen LogP contribution in [0.3, 0.4) is 0 Å². The van der Waals surface area contributed by atoms with Crippen molar-refractivity contribution in [3.63, 3.8) is 0 Å². The molecule has 28 heavy (non-hydrogen) atoms. The third-order valence-corrected chi connectivity index (χ3v) is 6.21. The molecule has 168 valence electrons. The first-order valence-corrected chi connectivity index (χ1v) is 11.8. The lowest BCUT2D eigenvalue weighted by Gasteiger charge is -2.46. The van der Waals surface area contributed by atoms with Crippen molar-refractivity contribution in [3.05, 3.63) is 0 Å². The standard InChI is InChI=1S/C24H48O4/c1-9-11-13-18-22(5,6)25-27-24(20(3)16-15-17-21(24)4)28-26-23(7,8)19-14-12-10-2/h20-21H,9-19H2,1-8H3. The molecule has 0 amide bonds. The van der Waals surface area contributed by atoms with Gasteiger partial charge in [0.05, 0.1) is 11.2 Å². The van der Waals surface area contributed by atoms with Crippen molar-refractivity contribution >= 4 is 0 Å². The van der Waals surface area contributed by atoms with Crippen LogP contribution >= 0.6 is 0 Å². The third-order valence-electron chi connectivity index (χ3n) is 6.21. The van der Waals surface area contributed by atoms with Crippen molar-refractivity contribution < 1.29 is 19.6 Å². The summed E-state index contributed by atoms with van der Waals surface area (Å²) >= 11 is 0. The second kappa shape index (κ2) is 11.9. The fraction of sp³-hybridized carbons (Fsp3) is 1.00. The zero-order valence-corrected chi connectivity index (χ0v) is 20.1. The second-order valence-corrected chi connectivity index (χ2v) is 10.2. The van der Waals surface area contributed by atoms with Crippen molar-refractivity contribution in [2.45, 2.75) is 143 Å². The van der Waals surface area contributed by atoms with Crippen LogP contribution in [0.4, 0.5) is 0 Å². The molecule has 0 heterocycles. The van der Waals surface area contributed by atoms with E-state index in [4.69, 9.17) is 19.6 Å². The minimum Gasteiger partial charge on any atom is -0.228 e. The highest BCUT2D eigenvalue weighted by atomic mass is 17.3. The first-order valence-electron chi connectivity index (χ1n) is 11.8. The zero-order chi connectivity index (χ0) is 21.3. The minimum absolute atomic E-state index is 0.217. The molecule has 4 heteroatoms. The average molecular weight is 401 g/mol. The largest absolute Gasteiger partial charge is 0.238 e. The molecule has 0 aromatic heterocycles. The fourth-order valence-corrected chi connectivity index (χ4v) is 4.00. The predicted molar refractivity (Wildman–Crippen MR) is 116 cm³/mol. The van der Waals surface area contributed by atoms with Gasteiger partial charge in [0.2, 0.25) is 5.79 Å². The normalized spacial score (nSPS) is 23.1. The van der Waals surface area contributed by atoms with Gasteiger partial charge in [0.1, 0.15) is 0 Å². The molecule has 1 rings (SSSR count). The summed E-state index contributed by atoms with van der Waals surface area (Å²) in [6.07, 6.45) is 12.4. The lowest BCUT2D eigenvalue weighted by molar-refractivity contribution is -0.566. The Bertz CT molecular complexity index is 381. The van der Waals surface area contributed by atoms with Crippen molar-refractivity contribution in [1.29, 1.82) is 0 Å². The van der Waals surface area contributed by atoms with E-state index >= 15 is 0 Å². The molecule has 0 aromatic rings. The summed E-state index contributed by atoms with van der Waals surface area (Å²) in [5.41, 5.74) is -0.669. The van der Waals surface area contributed by atoms with Crippen LogP contribution in [0.15, 0.2) is 0 Å². The van der Waals surface area contributed by atoms with Crippen LogP contribution in [-0.4, -0.2) is 17.0 Å². The summed E-state index contributed by atoms with van der Waals surface area (Å²) in [7, 11) is 0. The maximum absolute atomic E-state index is 6.16. The molecular formula is C24H48O4. The molecule has 0 aliphatic heterocycles. The highest BCUT2D eigenvalue weighted by Crippen LogP contribution is 2.44. The first kappa shape index (κ1) is 25.9. The molecule has 0 saturated heterocycles. The molecule has 4 nitrogen and oxygen atoms in total. The van der Waals surface area contributed by atoms with E-state index in [0.717, 1.165) is 38.5 Å². The monoisotopic (exact) mass is 400 g/mol. The molecule has 0 N–H and O–H groups in total. The topological polar surface area (TPSA) is 36.9 Å². The molecule has 1 aliphatic carbocycles. The van der Waals surface area contributed by atoms with Crippen LogP contribution in [0, 0.1) is 11.8 Å². The predicted octanol–water partition coefficient (Wildman–Crippen LogP) is 7.75. The Hall–Kier alpha value is -0.160. The quantitative estimate of drug-likeness (QED) is 0.129. The summed E-state index contributed by atoms with van der Waals surface area (Å²) in [5, 5.41) is 0. The lowest BCUT2D eigenvalue weighted by Crippen LogP contribution is -2.53. The third kappa shape index (κ3) is 8.30. The van der Waals surface area contributed by atoms with Crippen molar-refractivity contribution in [1.82, 2.24) is 0 Å². The Balaban J connectivity index is 2.78. The van der Waals surface area contributed by atoms with Gasteiger partial charge in [0.15, 0.2) is 0 Å². The highest BCUT2D eigenvalue weighted by Gasteiger charge is 2.50. The van der Waals surface area contributed by atoms with E-state index in [-0.39, 0.29) is 23.0 Å². The van der Waals surface area contributed by atoms with E-state index in [1.807, 2.05) is 0 Å². The maximum Gasteiger partial charge on any atom is 0.238 e. The van der Waals surface area contributed by atoms with Gasteiger partial charge >= 0.3 is 0 Å². The van der Waals surface area contributed by atoms with Crippen molar-refractivity contribution in [2.24, 2.45) is 11.8 Å². The van der Waals surface area contributed by atoms with Crippen LogP contribution in [0.2, 0.25) is 0 Å². The van der Waals surface area contributed by atoms with Gasteiger partial charge in [0, 0.05) is 11.8 Å². The molecule has 0 bridgehead atoms. The molecule has 1 aliphatic rings. The molecule has 1 saturated carbocycles. The van der Waals surface area contributed by atoms with Crippen molar-refractivity contribution in [2.75, 3.05) is 0 Å². The number of rotatable bonds is 14. The second-order valence-electron chi connectivity index (χ2n) is 10.2. The Morgan fingerprint density at radius 3 is 1.46 bits per heavy atom. The summed E-state index contributed by atoms with van der Waals surface area (Å²) in [6.45, 7) is 17.2. The van der Waals surface area contributed by atoms with E-state index in [1.165, 1.54) is 32.1 Å². The Morgan fingerprint density at radius 2 is 1.11 bits per heavy atom. The van der Waals surface area contributed by atoms with E-state index < -0.39 is 5.79 Å². The van der Waals surface area contributed by atoms with Gasteiger partial charge in [-0.1, -0.05) is 72.6 Å². The van der Waals surface area contributed by atoms with E-state index in [9.17, 15) is 0 Å². The van der Waals surface area contributed by atoms with E-state index in [2.05, 4.69) is 55.4 Å². The number of unbranched alkanes of at least 4 members (excludes halogenated alkanes) is 4. The summed E-state index contributed by atoms with van der Waals surface area (Å²) in [5.74, 6) is -0.411. The molecule has 0 aromatic carbocycles. The van der Waals surface area contributed by atoms with Crippen LogP contribution in [-0.2, 0) is 19.6 Å². The van der Waals surface area contributed by atoms with Gasteiger partial charge in [-0.25, -0.2) is 9.78 Å². The van der Waals surface area contributed by atoms with Gasteiger partial charge in [-0.15, -0.1) is 0 Å². The Kier molecular flexibility index (Phi) is 11.0. The van der Waals surface area contributed by atoms with E-state index in [0.29, 0.717) is 0 Å². The fourth-order valence-electron chi connectivity index (χ4n) is 4.00. The van der Waals surface area contributed by atoms with Crippen LogP contribution in [0.5, 0.6) is 0 Å². The Morgan fingerprint density at radius 1 is 0.714 bits per heavy atom. The first-order chi connectivity index (χ1) is 13.1. The molecule has 2 unspecified atom stereocenters. The molecule has 2 atom stereocenters. The van der Waals surface area contributed by atoms with Crippen LogP contribution < -0.4 is 0 Å². The molecular weight excluding hydrogens is 352 g/mol. The molecule has 0 radical (unpaired) electrons. The summed E-state index contributed by atoms with van der Waals surface area (Å²) < 4.78 is 0. The van der Waals surface area contributed by atoms with Gasteiger partial charge in [-0.05, 0) is 53.4 Å². The molecule has 1 fully saturated rings. The molecule has 0 spiro atoms. The smallest absolute Gasteiger partial charge is 0.228 e. The number of hydrogen-bond acceptors (Lipinski definition) is 4. The SMILES string of the molecule is CCCCCC(C)(C)OOC1(OOC(C)(C)CCCCC)C(C)CCCC1C. The van der Waals surface area contributed by atoms with Gasteiger partial charge in [-0.3, -0.25) is 0 Å². The van der Waals surface area contributed by atoms with E-state index in [1.54, 1.807) is 0 Å². The number of hydrogen-bond donors (Lipinski definition) is 0. The van der Waals surface area contributed by atoms with Crippen molar-refractivity contribution in [3.8, 4) is 0 Å². The van der Waals surface area contributed by atoms with Gasteiger partial charge in [-0.2, -0.15) is 9.78 Å². The minimum atomic E-state index is -0.845. The summed E-state index contributed by atoms with van der Waals surface area (Å²) in [4.78, 5) is 24.4. The van der Waals surface area contributed by atoms with Crippen LogP contribution in [0.1, 0.15) is 126 Å². The summed E-state index contributed by atoms with van der Waals surface area (Å²) in [6, 6.07) is 0. The van der Waals surface area contributed by atoms with Crippen LogP contribution in [0.25, 0.3) is 0 Å².